The second-order valence-corrected chi connectivity index (χ2v) is 4.92. The van der Waals surface area contributed by atoms with Gasteiger partial charge in [-0.3, -0.25) is 4.79 Å². The van der Waals surface area contributed by atoms with Crippen LogP contribution in [0.25, 0.3) is 0 Å². The third-order valence-electron chi connectivity index (χ3n) is 3.43. The van der Waals surface area contributed by atoms with Crippen molar-refractivity contribution in [2.45, 2.75) is 26.3 Å². The largest absolute Gasteiger partial charge is 0.495 e. The summed E-state index contributed by atoms with van der Waals surface area (Å²) in [7, 11) is 4.80. The first-order chi connectivity index (χ1) is 9.90. The van der Waals surface area contributed by atoms with Crippen LogP contribution in [-0.4, -0.2) is 44.1 Å². The number of benzene rings is 1. The number of urea groups is 1. The number of ether oxygens (including phenoxy) is 1. The molecule has 2 N–H and O–H groups in total. The van der Waals surface area contributed by atoms with Crippen LogP contribution < -0.4 is 15.4 Å². The molecule has 0 heterocycles. The number of anilines is 1. The average molecular weight is 293 g/mol. The molecule has 0 bridgehead atoms. The number of methoxy groups -OCH3 is 1. The summed E-state index contributed by atoms with van der Waals surface area (Å²) in [5.74, 6) is 0.506. The van der Waals surface area contributed by atoms with Crippen LogP contribution >= 0.6 is 0 Å². The molecule has 116 valence electrons. The maximum absolute atomic E-state index is 12.3. The number of hydrogen-bond acceptors (Lipinski definition) is 3. The van der Waals surface area contributed by atoms with Gasteiger partial charge in [-0.1, -0.05) is 12.1 Å². The van der Waals surface area contributed by atoms with Crippen molar-refractivity contribution in [3.8, 4) is 5.75 Å². The van der Waals surface area contributed by atoms with Gasteiger partial charge in [-0.25, -0.2) is 4.79 Å². The lowest BCUT2D eigenvalue weighted by molar-refractivity contribution is -0.121. The maximum Gasteiger partial charge on any atom is 0.321 e. The zero-order valence-corrected chi connectivity index (χ0v) is 13.2. The summed E-state index contributed by atoms with van der Waals surface area (Å²) in [5.41, 5.74) is 1.55. The van der Waals surface area contributed by atoms with Crippen molar-refractivity contribution in [2.75, 3.05) is 26.5 Å². The van der Waals surface area contributed by atoms with Gasteiger partial charge in [0.05, 0.1) is 12.8 Å². The highest BCUT2D eigenvalue weighted by atomic mass is 16.5. The minimum Gasteiger partial charge on any atom is -0.495 e. The van der Waals surface area contributed by atoms with Crippen molar-refractivity contribution >= 4 is 17.6 Å². The molecule has 0 aliphatic rings. The lowest BCUT2D eigenvalue weighted by Gasteiger charge is -2.25. The second kappa shape index (κ2) is 7.52. The molecule has 6 heteroatoms. The fourth-order valence-corrected chi connectivity index (χ4v) is 1.87. The molecule has 0 spiro atoms. The molecule has 1 aromatic carbocycles. The van der Waals surface area contributed by atoms with Crippen LogP contribution in [-0.2, 0) is 4.79 Å². The van der Waals surface area contributed by atoms with E-state index in [0.29, 0.717) is 11.4 Å². The van der Waals surface area contributed by atoms with Crippen molar-refractivity contribution in [3.63, 3.8) is 0 Å². The molecule has 0 fully saturated rings. The monoisotopic (exact) mass is 293 g/mol. The molecule has 21 heavy (non-hydrogen) atoms. The topological polar surface area (TPSA) is 70.7 Å². The molecule has 0 aromatic heterocycles. The molecule has 1 aromatic rings. The Morgan fingerprint density at radius 3 is 2.62 bits per heavy atom. The zero-order valence-electron chi connectivity index (χ0n) is 13.2. The summed E-state index contributed by atoms with van der Waals surface area (Å²) < 4.78 is 5.25. The van der Waals surface area contributed by atoms with Crippen LogP contribution in [0.3, 0.4) is 0 Å². The Hall–Kier alpha value is -2.24. The number of carbonyl (C=O) groups excluding carboxylic acids is 2. The minimum atomic E-state index is -0.279. The van der Waals surface area contributed by atoms with Gasteiger partial charge in [0.25, 0.3) is 0 Å². The van der Waals surface area contributed by atoms with Crippen LogP contribution in [0.1, 0.15) is 18.9 Å². The lowest BCUT2D eigenvalue weighted by Crippen LogP contribution is -2.40. The summed E-state index contributed by atoms with van der Waals surface area (Å²) in [5, 5.41) is 5.38. The fraction of sp³-hybridized carbons (Fsp3) is 0.467. The van der Waals surface area contributed by atoms with Gasteiger partial charge in [-0.15, -0.1) is 0 Å². The van der Waals surface area contributed by atoms with Gasteiger partial charge < -0.3 is 20.3 Å². The number of hydrogen-bond donors (Lipinski definition) is 2. The van der Waals surface area contributed by atoms with Crippen molar-refractivity contribution in [1.29, 1.82) is 0 Å². The van der Waals surface area contributed by atoms with Gasteiger partial charge in [-0.2, -0.15) is 0 Å². The van der Waals surface area contributed by atoms with Gasteiger partial charge in [0.1, 0.15) is 5.75 Å². The maximum atomic E-state index is 12.3. The molecule has 0 radical (unpaired) electrons. The van der Waals surface area contributed by atoms with E-state index >= 15 is 0 Å². The first kappa shape index (κ1) is 16.8. The van der Waals surface area contributed by atoms with Crippen molar-refractivity contribution in [3.05, 3.63) is 23.8 Å². The number of aryl methyl sites for hydroxylation is 1. The number of para-hydroxylation sites is 1. The summed E-state index contributed by atoms with van der Waals surface area (Å²) in [6, 6.07) is 5.06. The van der Waals surface area contributed by atoms with E-state index in [1.807, 2.05) is 26.0 Å². The normalized spacial score (nSPS) is 11.5. The summed E-state index contributed by atoms with van der Waals surface area (Å²) >= 11 is 0. The van der Waals surface area contributed by atoms with Gasteiger partial charge in [0, 0.05) is 26.6 Å². The standard InChI is InChI=1S/C15H23N3O3/c1-10-7-6-8-12(21-5)14(10)17-15(20)18(4)11(2)9-13(19)16-3/h6-8,11H,9H2,1-5H3,(H,16,19)(H,17,20)/t11-/m0/s1. The Morgan fingerprint density at radius 2 is 2.05 bits per heavy atom. The van der Waals surface area contributed by atoms with Crippen molar-refractivity contribution in [2.24, 2.45) is 0 Å². The van der Waals surface area contributed by atoms with Gasteiger partial charge in [0.15, 0.2) is 0 Å². The smallest absolute Gasteiger partial charge is 0.321 e. The number of rotatable bonds is 5. The minimum absolute atomic E-state index is 0.101. The van der Waals surface area contributed by atoms with E-state index < -0.39 is 0 Å². The average Bonchev–Trinajstić information content (AvgIpc) is 2.47. The van der Waals surface area contributed by atoms with Crippen LogP contribution in [0, 0.1) is 6.92 Å². The Balaban J connectivity index is 2.79. The Kier molecular flexibility index (Phi) is 6.02. The molecule has 0 saturated heterocycles. The predicted molar refractivity (Wildman–Crippen MR) is 82.7 cm³/mol. The summed E-state index contributed by atoms with van der Waals surface area (Å²) in [6.45, 7) is 3.72. The van der Waals surface area contributed by atoms with E-state index in [1.54, 1.807) is 27.3 Å². The molecule has 1 atom stereocenters. The van der Waals surface area contributed by atoms with E-state index in [0.717, 1.165) is 5.56 Å². The molecule has 0 unspecified atom stereocenters. The second-order valence-electron chi connectivity index (χ2n) is 4.92. The molecule has 0 aliphatic carbocycles. The van der Waals surface area contributed by atoms with E-state index in [4.69, 9.17) is 4.74 Å². The Labute approximate surface area is 125 Å². The van der Waals surface area contributed by atoms with Gasteiger partial charge in [0.2, 0.25) is 5.91 Å². The van der Waals surface area contributed by atoms with Gasteiger partial charge >= 0.3 is 6.03 Å². The Bertz CT molecular complexity index is 517. The third-order valence-corrected chi connectivity index (χ3v) is 3.43. The van der Waals surface area contributed by atoms with Crippen LogP contribution in [0.5, 0.6) is 5.75 Å². The number of carbonyl (C=O) groups is 2. The SMILES string of the molecule is CNC(=O)C[C@H](C)N(C)C(=O)Nc1c(C)cccc1OC. The summed E-state index contributed by atoms with van der Waals surface area (Å²) in [6.07, 6.45) is 0.255. The van der Waals surface area contributed by atoms with E-state index in [-0.39, 0.29) is 24.4 Å². The molecule has 3 amide bonds. The summed E-state index contributed by atoms with van der Waals surface area (Å²) in [4.78, 5) is 25.1. The first-order valence-corrected chi connectivity index (χ1v) is 6.78. The lowest BCUT2D eigenvalue weighted by atomic mass is 10.2. The van der Waals surface area contributed by atoms with Crippen LogP contribution in [0.2, 0.25) is 0 Å². The Morgan fingerprint density at radius 1 is 1.38 bits per heavy atom. The zero-order chi connectivity index (χ0) is 16.0. The molecular weight excluding hydrogens is 270 g/mol. The van der Waals surface area contributed by atoms with Crippen LogP contribution in [0.4, 0.5) is 10.5 Å². The predicted octanol–water partition coefficient (Wildman–Crippen LogP) is 1.99. The number of amides is 3. The quantitative estimate of drug-likeness (QED) is 0.872. The molecule has 1 rings (SSSR count). The highest BCUT2D eigenvalue weighted by Gasteiger charge is 2.19. The molecule has 0 saturated carbocycles. The third kappa shape index (κ3) is 4.37. The van der Waals surface area contributed by atoms with E-state index in [2.05, 4.69) is 10.6 Å². The fourth-order valence-electron chi connectivity index (χ4n) is 1.87. The molecule has 6 nitrogen and oxygen atoms in total. The van der Waals surface area contributed by atoms with Gasteiger partial charge in [-0.05, 0) is 25.5 Å². The van der Waals surface area contributed by atoms with E-state index in [9.17, 15) is 9.59 Å². The highest BCUT2D eigenvalue weighted by molar-refractivity contribution is 5.92. The van der Waals surface area contributed by atoms with E-state index in [1.165, 1.54) is 4.90 Å². The molecule has 0 aliphatic heterocycles. The number of nitrogens with zero attached hydrogens (tertiary/aromatic N) is 1. The number of nitrogens with one attached hydrogen (secondary N) is 2. The van der Waals surface area contributed by atoms with Crippen LogP contribution in [0.15, 0.2) is 18.2 Å². The first-order valence-electron chi connectivity index (χ1n) is 6.78. The molecular formula is C15H23N3O3. The highest BCUT2D eigenvalue weighted by Crippen LogP contribution is 2.27. The van der Waals surface area contributed by atoms with Crippen molar-refractivity contribution in [1.82, 2.24) is 10.2 Å². The van der Waals surface area contributed by atoms with Crippen molar-refractivity contribution < 1.29 is 14.3 Å².